The van der Waals surface area contributed by atoms with Gasteiger partial charge in [0.25, 0.3) is 0 Å². The zero-order valence-corrected chi connectivity index (χ0v) is 15.2. The second-order valence-corrected chi connectivity index (χ2v) is 8.08. The summed E-state index contributed by atoms with van der Waals surface area (Å²) in [6, 6.07) is 11.2. The van der Waals surface area contributed by atoms with E-state index < -0.39 is 0 Å². The first-order valence-corrected chi connectivity index (χ1v) is 9.80. The Labute approximate surface area is 154 Å². The number of aromatic nitrogens is 3. The number of nitrogens with zero attached hydrogens (tertiary/aromatic N) is 3. The van der Waals surface area contributed by atoms with Crippen LogP contribution in [-0.4, -0.2) is 25.4 Å². The van der Waals surface area contributed by atoms with Crippen LogP contribution in [0.15, 0.2) is 40.7 Å². The van der Waals surface area contributed by atoms with Gasteiger partial charge in [-0.3, -0.25) is 4.79 Å². The van der Waals surface area contributed by atoms with Crippen molar-refractivity contribution in [3.05, 3.63) is 41.4 Å². The van der Waals surface area contributed by atoms with Crippen LogP contribution in [0.1, 0.15) is 0 Å². The predicted octanol–water partition coefficient (Wildman–Crippen LogP) is 4.69. The van der Waals surface area contributed by atoms with Crippen molar-refractivity contribution in [2.45, 2.75) is 4.34 Å². The first-order valence-electron chi connectivity index (χ1n) is 6.89. The lowest BCUT2D eigenvalue weighted by atomic mass is 10.2. The lowest BCUT2D eigenvalue weighted by molar-refractivity contribution is -0.113. The molecule has 0 radical (unpaired) electrons. The van der Waals surface area contributed by atoms with E-state index in [1.165, 1.54) is 11.8 Å². The predicted molar refractivity (Wildman–Crippen MR) is 101 cm³/mol. The van der Waals surface area contributed by atoms with Gasteiger partial charge in [-0.2, -0.15) is 8.75 Å². The fourth-order valence-corrected chi connectivity index (χ4v) is 4.73. The summed E-state index contributed by atoms with van der Waals surface area (Å²) in [5, 5.41) is 3.54. The third-order valence-corrected chi connectivity index (χ3v) is 6.17. The van der Waals surface area contributed by atoms with E-state index in [1.54, 1.807) is 11.3 Å². The van der Waals surface area contributed by atoms with Crippen molar-refractivity contribution < 1.29 is 4.79 Å². The monoisotopic (exact) mass is 392 g/mol. The summed E-state index contributed by atoms with van der Waals surface area (Å²) in [4.78, 5) is 16.7. The molecule has 4 aromatic rings. The summed E-state index contributed by atoms with van der Waals surface area (Å²) >= 11 is 10.1. The molecule has 0 saturated carbocycles. The third kappa shape index (κ3) is 3.23. The summed E-state index contributed by atoms with van der Waals surface area (Å²) in [5.74, 6) is 0.180. The van der Waals surface area contributed by atoms with Crippen LogP contribution in [0, 0.1) is 0 Å². The molecule has 24 heavy (non-hydrogen) atoms. The second kappa shape index (κ2) is 6.64. The molecule has 2 heterocycles. The number of carbonyl (C=O) groups is 1. The fraction of sp³-hybridized carbons (Fsp3) is 0.0667. The highest BCUT2D eigenvalue weighted by Gasteiger charge is 2.11. The summed E-state index contributed by atoms with van der Waals surface area (Å²) in [5.41, 5.74) is 3.04. The molecule has 0 fully saturated rings. The summed E-state index contributed by atoms with van der Waals surface area (Å²) in [7, 11) is 0. The second-order valence-electron chi connectivity index (χ2n) is 4.87. The first kappa shape index (κ1) is 15.8. The Bertz CT molecular complexity index is 1050. The largest absolute Gasteiger partial charge is 0.323 e. The molecule has 4 rings (SSSR count). The lowest BCUT2D eigenvalue weighted by Crippen LogP contribution is -2.14. The number of benzene rings is 2. The molecule has 1 N–H and O–H groups in total. The molecule has 2 aromatic carbocycles. The van der Waals surface area contributed by atoms with Gasteiger partial charge in [0, 0.05) is 5.02 Å². The van der Waals surface area contributed by atoms with Crippen molar-refractivity contribution in [1.29, 1.82) is 0 Å². The molecule has 0 atom stereocenters. The van der Waals surface area contributed by atoms with Crippen LogP contribution < -0.4 is 5.32 Å². The lowest BCUT2D eigenvalue weighted by Gasteiger charge is -2.04. The summed E-state index contributed by atoms with van der Waals surface area (Å²) in [6.45, 7) is 0. The summed E-state index contributed by atoms with van der Waals surface area (Å²) in [6.07, 6.45) is 0. The quantitative estimate of drug-likeness (QED) is 0.510. The number of nitrogens with one attached hydrogen (secondary N) is 1. The van der Waals surface area contributed by atoms with E-state index in [2.05, 4.69) is 19.0 Å². The Hall–Kier alpha value is -1.74. The van der Waals surface area contributed by atoms with Gasteiger partial charge in [0.05, 0.1) is 33.4 Å². The van der Waals surface area contributed by atoms with E-state index in [4.69, 9.17) is 11.6 Å². The van der Waals surface area contributed by atoms with E-state index in [1.807, 2.05) is 36.4 Å². The van der Waals surface area contributed by atoms with E-state index in [0.717, 1.165) is 37.3 Å². The number of halogens is 1. The van der Waals surface area contributed by atoms with E-state index in [-0.39, 0.29) is 11.7 Å². The van der Waals surface area contributed by atoms with Crippen molar-refractivity contribution in [1.82, 2.24) is 13.7 Å². The molecule has 0 bridgehead atoms. The topological polar surface area (TPSA) is 67.8 Å². The number of hydrogen-bond acceptors (Lipinski definition) is 7. The Balaban J connectivity index is 1.45. The number of rotatable bonds is 4. The van der Waals surface area contributed by atoms with Crippen LogP contribution >= 0.6 is 46.4 Å². The minimum absolute atomic E-state index is 0.0993. The zero-order chi connectivity index (χ0) is 16.5. The molecule has 0 spiro atoms. The van der Waals surface area contributed by atoms with Gasteiger partial charge in [-0.15, -0.1) is 11.3 Å². The normalized spacial score (nSPS) is 11.2. The highest BCUT2D eigenvalue weighted by Crippen LogP contribution is 2.31. The highest BCUT2D eigenvalue weighted by molar-refractivity contribution is 8.01. The van der Waals surface area contributed by atoms with Crippen LogP contribution in [0.5, 0.6) is 0 Å². The van der Waals surface area contributed by atoms with Crippen LogP contribution in [0.3, 0.4) is 0 Å². The maximum Gasteiger partial charge on any atom is 0.234 e. The van der Waals surface area contributed by atoms with Crippen molar-refractivity contribution in [3.63, 3.8) is 0 Å². The number of carbonyl (C=O) groups excluding carboxylic acids is 1. The molecule has 0 aliphatic carbocycles. The number of anilines is 1. The van der Waals surface area contributed by atoms with Crippen molar-refractivity contribution >= 4 is 79.3 Å². The molecule has 0 aliphatic rings. The number of amides is 1. The van der Waals surface area contributed by atoms with Gasteiger partial charge in [-0.1, -0.05) is 29.4 Å². The maximum absolute atomic E-state index is 12.2. The minimum Gasteiger partial charge on any atom is -0.323 e. The van der Waals surface area contributed by atoms with Gasteiger partial charge in [0.15, 0.2) is 4.34 Å². The van der Waals surface area contributed by atoms with Gasteiger partial charge in [0.2, 0.25) is 5.91 Å². The van der Waals surface area contributed by atoms with Crippen molar-refractivity contribution in [2.24, 2.45) is 0 Å². The Morgan fingerprint density at radius 3 is 3.04 bits per heavy atom. The molecular weight excluding hydrogens is 384 g/mol. The number of hydrogen-bond donors (Lipinski definition) is 1. The van der Waals surface area contributed by atoms with Gasteiger partial charge in [-0.25, -0.2) is 4.98 Å². The average molecular weight is 393 g/mol. The van der Waals surface area contributed by atoms with E-state index in [9.17, 15) is 4.79 Å². The van der Waals surface area contributed by atoms with Gasteiger partial charge >= 0.3 is 0 Å². The molecular formula is C15H9ClN4OS3. The number of fused-ring (bicyclic) bond motifs is 2. The SMILES string of the molecule is O=C(CSc1nc2cc(Cl)ccc2s1)Nc1cccc2nsnc12. The molecule has 1 amide bonds. The molecule has 0 aliphatic heterocycles. The molecule has 2 aromatic heterocycles. The van der Waals surface area contributed by atoms with Gasteiger partial charge < -0.3 is 5.32 Å². The smallest absolute Gasteiger partial charge is 0.234 e. The average Bonchev–Trinajstić information content (AvgIpc) is 3.19. The minimum atomic E-state index is -0.0993. The maximum atomic E-state index is 12.2. The third-order valence-electron chi connectivity index (χ3n) is 3.22. The van der Waals surface area contributed by atoms with Crippen LogP contribution in [-0.2, 0) is 4.79 Å². The van der Waals surface area contributed by atoms with E-state index >= 15 is 0 Å². The zero-order valence-electron chi connectivity index (χ0n) is 12.0. The molecule has 120 valence electrons. The van der Waals surface area contributed by atoms with Crippen molar-refractivity contribution in [2.75, 3.05) is 11.1 Å². The van der Waals surface area contributed by atoms with Gasteiger partial charge in [0.1, 0.15) is 11.0 Å². The van der Waals surface area contributed by atoms with Gasteiger partial charge in [-0.05, 0) is 30.3 Å². The van der Waals surface area contributed by atoms with Crippen LogP contribution in [0.25, 0.3) is 21.3 Å². The van der Waals surface area contributed by atoms with E-state index in [0.29, 0.717) is 10.7 Å². The van der Waals surface area contributed by atoms with Crippen LogP contribution in [0.4, 0.5) is 5.69 Å². The molecule has 9 heteroatoms. The molecule has 0 unspecified atom stereocenters. The molecule has 5 nitrogen and oxygen atoms in total. The Kier molecular flexibility index (Phi) is 4.36. The number of thiazole rings is 1. The van der Waals surface area contributed by atoms with Crippen molar-refractivity contribution in [3.8, 4) is 0 Å². The first-order chi connectivity index (χ1) is 11.7. The summed E-state index contributed by atoms with van der Waals surface area (Å²) < 4.78 is 10.3. The Morgan fingerprint density at radius 2 is 2.12 bits per heavy atom. The molecule has 0 saturated heterocycles. The highest BCUT2D eigenvalue weighted by atomic mass is 35.5. The van der Waals surface area contributed by atoms with Crippen LogP contribution in [0.2, 0.25) is 5.02 Å². The standard InChI is InChI=1S/C15H9ClN4OS3/c16-8-4-5-12-11(6-8)18-15(23-12)22-7-13(21)17-9-2-1-3-10-14(9)20-24-19-10/h1-6H,7H2,(H,17,21). The Morgan fingerprint density at radius 1 is 1.21 bits per heavy atom. The number of thioether (sulfide) groups is 1. The fourth-order valence-electron chi connectivity index (χ4n) is 2.16.